The Labute approximate surface area is 94.8 Å². The van der Waals surface area contributed by atoms with E-state index in [-0.39, 0.29) is 0 Å². The van der Waals surface area contributed by atoms with Crippen LogP contribution < -0.4 is 5.32 Å². The average molecular weight is 214 g/mol. The van der Waals surface area contributed by atoms with Gasteiger partial charge in [0.2, 0.25) is 0 Å². The first kappa shape index (κ1) is 10.5. The van der Waals surface area contributed by atoms with E-state index < -0.39 is 0 Å². The zero-order valence-electron chi connectivity index (χ0n) is 9.44. The van der Waals surface area contributed by atoms with Crippen LogP contribution in [0.2, 0.25) is 0 Å². The van der Waals surface area contributed by atoms with E-state index >= 15 is 0 Å². The van der Waals surface area contributed by atoms with Crippen LogP contribution in [0.15, 0.2) is 30.7 Å². The number of pyridine rings is 1. The number of aryl methyl sites for hydroxylation is 2. The first-order chi connectivity index (χ1) is 7.75. The number of aromatic nitrogens is 3. The molecular formula is C12H14N4. The predicted molar refractivity (Wildman–Crippen MR) is 63.1 cm³/mol. The maximum atomic E-state index is 4.39. The Balaban J connectivity index is 2.08. The van der Waals surface area contributed by atoms with Crippen LogP contribution in [0.5, 0.6) is 0 Å². The lowest BCUT2D eigenvalue weighted by molar-refractivity contribution is 1.01. The van der Waals surface area contributed by atoms with Gasteiger partial charge in [-0.3, -0.25) is 9.97 Å². The van der Waals surface area contributed by atoms with Crippen molar-refractivity contribution in [2.75, 3.05) is 5.32 Å². The molecule has 4 nitrogen and oxygen atoms in total. The molecule has 0 amide bonds. The molecule has 0 atom stereocenters. The summed E-state index contributed by atoms with van der Waals surface area (Å²) in [6.07, 6.45) is 5.37. The van der Waals surface area contributed by atoms with Gasteiger partial charge in [-0.05, 0) is 25.5 Å². The number of anilines is 1. The van der Waals surface area contributed by atoms with Crippen LogP contribution in [0.25, 0.3) is 0 Å². The fourth-order valence-corrected chi connectivity index (χ4v) is 1.39. The number of hydrogen-bond acceptors (Lipinski definition) is 4. The highest BCUT2D eigenvalue weighted by atomic mass is 15.0. The van der Waals surface area contributed by atoms with E-state index in [0.29, 0.717) is 6.54 Å². The molecule has 2 rings (SSSR count). The second-order valence-electron chi connectivity index (χ2n) is 3.66. The van der Waals surface area contributed by atoms with Crippen molar-refractivity contribution in [3.05, 3.63) is 47.7 Å². The van der Waals surface area contributed by atoms with Gasteiger partial charge in [0.25, 0.3) is 0 Å². The average Bonchev–Trinajstić information content (AvgIpc) is 2.32. The quantitative estimate of drug-likeness (QED) is 0.850. The van der Waals surface area contributed by atoms with Crippen LogP contribution in [0.3, 0.4) is 0 Å². The van der Waals surface area contributed by atoms with E-state index in [1.807, 2.05) is 32.2 Å². The van der Waals surface area contributed by atoms with Crippen molar-refractivity contribution >= 4 is 5.82 Å². The molecule has 0 aliphatic heterocycles. The minimum absolute atomic E-state index is 0.715. The largest absolute Gasteiger partial charge is 0.364 e. The molecular weight excluding hydrogens is 200 g/mol. The summed E-state index contributed by atoms with van der Waals surface area (Å²) >= 11 is 0. The third kappa shape index (κ3) is 2.53. The fraction of sp³-hybridized carbons (Fsp3) is 0.250. The normalized spacial score (nSPS) is 10.1. The molecule has 0 unspecified atom stereocenters. The van der Waals surface area contributed by atoms with Gasteiger partial charge in [0.1, 0.15) is 5.82 Å². The Morgan fingerprint density at radius 2 is 2.12 bits per heavy atom. The lowest BCUT2D eigenvalue weighted by Gasteiger charge is -2.08. The third-order valence-electron chi connectivity index (χ3n) is 2.26. The predicted octanol–water partition coefficient (Wildman–Crippen LogP) is 2.10. The molecule has 0 radical (unpaired) electrons. The van der Waals surface area contributed by atoms with E-state index in [1.54, 1.807) is 12.4 Å². The number of nitrogens with zero attached hydrogens (tertiary/aromatic N) is 3. The highest BCUT2D eigenvalue weighted by Gasteiger charge is 2.01. The Hall–Kier alpha value is -1.97. The van der Waals surface area contributed by atoms with Gasteiger partial charge in [-0.1, -0.05) is 6.07 Å². The van der Waals surface area contributed by atoms with Gasteiger partial charge in [0, 0.05) is 25.1 Å². The van der Waals surface area contributed by atoms with Gasteiger partial charge in [-0.2, -0.15) is 0 Å². The van der Waals surface area contributed by atoms with Crippen LogP contribution in [-0.2, 0) is 6.54 Å². The Morgan fingerprint density at radius 1 is 1.25 bits per heavy atom. The SMILES string of the molecule is Cc1cnc(C)c(NCc2cccnc2)n1. The standard InChI is InChI=1S/C12H14N4/c1-9-6-14-10(2)12(16-9)15-8-11-4-3-5-13-7-11/h3-7H,8H2,1-2H3,(H,15,16). The third-order valence-corrected chi connectivity index (χ3v) is 2.26. The highest BCUT2D eigenvalue weighted by molar-refractivity contribution is 5.40. The van der Waals surface area contributed by atoms with Crippen molar-refractivity contribution in [1.29, 1.82) is 0 Å². The van der Waals surface area contributed by atoms with E-state index in [0.717, 1.165) is 22.8 Å². The number of hydrogen-bond donors (Lipinski definition) is 1. The molecule has 0 saturated carbocycles. The van der Waals surface area contributed by atoms with Crippen LogP contribution >= 0.6 is 0 Å². The molecule has 1 N–H and O–H groups in total. The molecule has 0 fully saturated rings. The highest BCUT2D eigenvalue weighted by Crippen LogP contribution is 2.10. The van der Waals surface area contributed by atoms with Crippen molar-refractivity contribution in [1.82, 2.24) is 15.0 Å². The van der Waals surface area contributed by atoms with Crippen LogP contribution in [0, 0.1) is 13.8 Å². The molecule has 2 aromatic rings. The maximum Gasteiger partial charge on any atom is 0.148 e. The van der Waals surface area contributed by atoms with Crippen molar-refractivity contribution < 1.29 is 0 Å². The Bertz CT molecular complexity index is 468. The van der Waals surface area contributed by atoms with Gasteiger partial charge in [-0.15, -0.1) is 0 Å². The summed E-state index contributed by atoms with van der Waals surface area (Å²) in [7, 11) is 0. The van der Waals surface area contributed by atoms with Crippen LogP contribution in [0.1, 0.15) is 17.0 Å². The maximum absolute atomic E-state index is 4.39. The molecule has 0 aliphatic carbocycles. The molecule has 0 aliphatic rings. The van der Waals surface area contributed by atoms with Crippen LogP contribution in [-0.4, -0.2) is 15.0 Å². The van der Waals surface area contributed by atoms with Crippen LogP contribution in [0.4, 0.5) is 5.82 Å². The zero-order valence-corrected chi connectivity index (χ0v) is 9.44. The molecule has 4 heteroatoms. The number of rotatable bonds is 3. The molecule has 16 heavy (non-hydrogen) atoms. The number of nitrogens with one attached hydrogen (secondary N) is 1. The van der Waals surface area contributed by atoms with Gasteiger partial charge in [0.15, 0.2) is 0 Å². The van der Waals surface area contributed by atoms with Gasteiger partial charge < -0.3 is 5.32 Å². The molecule has 2 heterocycles. The first-order valence-electron chi connectivity index (χ1n) is 5.19. The summed E-state index contributed by atoms with van der Waals surface area (Å²) in [5.74, 6) is 0.837. The topological polar surface area (TPSA) is 50.7 Å². The van der Waals surface area contributed by atoms with Crippen molar-refractivity contribution in [3.63, 3.8) is 0 Å². The summed E-state index contributed by atoms with van der Waals surface area (Å²) in [5.41, 5.74) is 2.96. The molecule has 82 valence electrons. The summed E-state index contributed by atoms with van der Waals surface area (Å²) in [6, 6.07) is 3.95. The smallest absolute Gasteiger partial charge is 0.148 e. The summed E-state index contributed by atoms with van der Waals surface area (Å²) < 4.78 is 0. The molecule has 0 aromatic carbocycles. The van der Waals surface area contributed by atoms with Gasteiger partial charge in [0.05, 0.1) is 11.4 Å². The van der Waals surface area contributed by atoms with E-state index in [2.05, 4.69) is 20.3 Å². The lowest BCUT2D eigenvalue weighted by atomic mass is 10.3. The molecule has 2 aromatic heterocycles. The molecule has 0 saturated heterocycles. The summed E-state index contributed by atoms with van der Waals surface area (Å²) in [6.45, 7) is 4.59. The van der Waals surface area contributed by atoms with Gasteiger partial charge in [-0.25, -0.2) is 4.98 Å². The minimum Gasteiger partial charge on any atom is -0.364 e. The van der Waals surface area contributed by atoms with Crippen molar-refractivity contribution in [2.45, 2.75) is 20.4 Å². The summed E-state index contributed by atoms with van der Waals surface area (Å²) in [4.78, 5) is 12.7. The minimum atomic E-state index is 0.715. The Morgan fingerprint density at radius 3 is 2.88 bits per heavy atom. The summed E-state index contributed by atoms with van der Waals surface area (Å²) in [5, 5.41) is 3.26. The second-order valence-corrected chi connectivity index (χ2v) is 3.66. The van der Waals surface area contributed by atoms with Crippen molar-refractivity contribution in [2.24, 2.45) is 0 Å². The Kier molecular flexibility index (Phi) is 3.10. The van der Waals surface area contributed by atoms with E-state index in [4.69, 9.17) is 0 Å². The van der Waals surface area contributed by atoms with Gasteiger partial charge >= 0.3 is 0 Å². The van der Waals surface area contributed by atoms with E-state index in [1.165, 1.54) is 0 Å². The second kappa shape index (κ2) is 4.70. The molecule has 0 spiro atoms. The lowest BCUT2D eigenvalue weighted by Crippen LogP contribution is -2.05. The monoisotopic (exact) mass is 214 g/mol. The zero-order chi connectivity index (χ0) is 11.4. The molecule has 0 bridgehead atoms. The fourth-order valence-electron chi connectivity index (χ4n) is 1.39. The van der Waals surface area contributed by atoms with E-state index in [9.17, 15) is 0 Å². The first-order valence-corrected chi connectivity index (χ1v) is 5.19. The van der Waals surface area contributed by atoms with Crippen molar-refractivity contribution in [3.8, 4) is 0 Å².